The number of rotatable bonds is 2. The first-order chi connectivity index (χ1) is 8.80. The van der Waals surface area contributed by atoms with Gasteiger partial charge in [0.15, 0.2) is 5.12 Å². The van der Waals surface area contributed by atoms with Crippen molar-refractivity contribution in [1.82, 2.24) is 0 Å². The van der Waals surface area contributed by atoms with Gasteiger partial charge >= 0.3 is 6.18 Å². The molecule has 102 valence electrons. The number of carbonyl (C=O) groups is 1. The van der Waals surface area contributed by atoms with Crippen LogP contribution in [0.3, 0.4) is 0 Å². The van der Waals surface area contributed by atoms with E-state index in [9.17, 15) is 23.1 Å². The van der Waals surface area contributed by atoms with E-state index in [0.29, 0.717) is 18.2 Å². The van der Waals surface area contributed by atoms with Gasteiger partial charge in [0.2, 0.25) is 0 Å². The number of benzene rings is 1. The highest BCUT2D eigenvalue weighted by atomic mass is 32.2. The fourth-order valence-electron chi connectivity index (χ4n) is 1.22. The summed E-state index contributed by atoms with van der Waals surface area (Å²) in [5.74, 6) is 5.28. The molecular weight excluding hydrogens is 277 g/mol. The molecular formula is C13H11F3O2S. The van der Waals surface area contributed by atoms with Gasteiger partial charge < -0.3 is 5.11 Å². The van der Waals surface area contributed by atoms with E-state index in [1.54, 1.807) is 0 Å². The molecule has 0 saturated heterocycles. The molecule has 0 aliphatic rings. The van der Waals surface area contributed by atoms with E-state index >= 15 is 0 Å². The molecule has 0 spiro atoms. The second-order valence-electron chi connectivity index (χ2n) is 3.62. The molecule has 1 aromatic carbocycles. The van der Waals surface area contributed by atoms with Crippen LogP contribution in [0.2, 0.25) is 0 Å². The highest BCUT2D eigenvalue weighted by molar-refractivity contribution is 8.13. The van der Waals surface area contributed by atoms with Gasteiger partial charge in [0.1, 0.15) is 5.75 Å². The third-order valence-electron chi connectivity index (χ3n) is 2.08. The summed E-state index contributed by atoms with van der Waals surface area (Å²) in [6.45, 7) is 1.44. The molecule has 1 N–H and O–H groups in total. The minimum atomic E-state index is -4.48. The van der Waals surface area contributed by atoms with Crippen LogP contribution in [0, 0.1) is 11.8 Å². The summed E-state index contributed by atoms with van der Waals surface area (Å²) >= 11 is 1.12. The molecule has 19 heavy (non-hydrogen) atoms. The number of hydrogen-bond acceptors (Lipinski definition) is 3. The maximum absolute atomic E-state index is 12.3. The summed E-state index contributed by atoms with van der Waals surface area (Å²) in [5, 5.41) is 9.42. The quantitative estimate of drug-likeness (QED) is 0.669. The van der Waals surface area contributed by atoms with Crippen molar-refractivity contribution in [3.63, 3.8) is 0 Å². The second kappa shape index (κ2) is 6.53. The van der Waals surface area contributed by atoms with Crippen LogP contribution in [0.1, 0.15) is 24.5 Å². The Morgan fingerprint density at radius 2 is 2.11 bits per heavy atom. The number of carbonyl (C=O) groups excluding carboxylic acids is 1. The average molecular weight is 288 g/mol. The van der Waals surface area contributed by atoms with Crippen molar-refractivity contribution in [3.8, 4) is 17.6 Å². The van der Waals surface area contributed by atoms with Gasteiger partial charge in [0.05, 0.1) is 11.1 Å². The third kappa shape index (κ3) is 5.26. The van der Waals surface area contributed by atoms with E-state index in [4.69, 9.17) is 0 Å². The molecule has 0 saturated carbocycles. The van der Waals surface area contributed by atoms with E-state index in [2.05, 4.69) is 11.8 Å². The minimum absolute atomic E-state index is 0.0147. The Labute approximate surface area is 113 Å². The third-order valence-corrected chi connectivity index (χ3v) is 2.90. The highest BCUT2D eigenvalue weighted by Gasteiger charge is 2.30. The van der Waals surface area contributed by atoms with Crippen LogP contribution in [-0.4, -0.2) is 16.0 Å². The molecule has 0 bridgehead atoms. The van der Waals surface area contributed by atoms with Gasteiger partial charge in [0, 0.05) is 19.1 Å². The van der Waals surface area contributed by atoms with E-state index in [-0.39, 0.29) is 10.7 Å². The van der Waals surface area contributed by atoms with Crippen LogP contribution in [0.25, 0.3) is 0 Å². The number of phenolic OH excluding ortho intramolecular Hbond substituents is 1. The van der Waals surface area contributed by atoms with Crippen molar-refractivity contribution >= 4 is 16.9 Å². The van der Waals surface area contributed by atoms with Gasteiger partial charge in [0.25, 0.3) is 0 Å². The Hall–Kier alpha value is -1.61. The smallest absolute Gasteiger partial charge is 0.416 e. The van der Waals surface area contributed by atoms with E-state index in [1.165, 1.54) is 6.92 Å². The predicted octanol–water partition coefficient (Wildman–Crippen LogP) is 3.43. The number of alkyl halides is 3. The number of phenols is 1. The van der Waals surface area contributed by atoms with Crippen LogP contribution < -0.4 is 0 Å². The number of halogens is 3. The minimum Gasteiger partial charge on any atom is -0.507 e. The topological polar surface area (TPSA) is 37.3 Å². The van der Waals surface area contributed by atoms with Gasteiger partial charge in [-0.15, -0.1) is 0 Å². The standard InChI is InChI=1S/C13H11F3O2S/c1-9(17)19-7-3-2-4-10-5-6-11(8-12(10)18)13(14,15)16/h5-6,8,18H,3,7H2,1H3. The number of aromatic hydroxyl groups is 1. The maximum Gasteiger partial charge on any atom is 0.416 e. The Balaban J connectivity index is 2.71. The zero-order valence-electron chi connectivity index (χ0n) is 10.0. The lowest BCUT2D eigenvalue weighted by molar-refractivity contribution is -0.137. The highest BCUT2D eigenvalue weighted by Crippen LogP contribution is 2.32. The van der Waals surface area contributed by atoms with Gasteiger partial charge in [-0.25, -0.2) is 0 Å². The molecule has 1 aromatic rings. The Bertz CT molecular complexity index is 527. The van der Waals surface area contributed by atoms with Gasteiger partial charge in [-0.05, 0) is 18.2 Å². The molecule has 0 radical (unpaired) electrons. The zero-order valence-corrected chi connectivity index (χ0v) is 10.9. The lowest BCUT2D eigenvalue weighted by atomic mass is 10.1. The van der Waals surface area contributed by atoms with Gasteiger partial charge in [-0.1, -0.05) is 23.6 Å². The van der Waals surface area contributed by atoms with E-state index in [0.717, 1.165) is 23.9 Å². The molecule has 1 rings (SSSR count). The average Bonchev–Trinajstić information content (AvgIpc) is 2.28. The van der Waals surface area contributed by atoms with Gasteiger partial charge in [-0.3, -0.25) is 4.79 Å². The van der Waals surface area contributed by atoms with Crippen LogP contribution in [-0.2, 0) is 11.0 Å². The van der Waals surface area contributed by atoms with Crippen LogP contribution >= 0.6 is 11.8 Å². The van der Waals surface area contributed by atoms with Crippen LogP contribution in [0.4, 0.5) is 13.2 Å². The largest absolute Gasteiger partial charge is 0.507 e. The van der Waals surface area contributed by atoms with Crippen molar-refractivity contribution in [2.24, 2.45) is 0 Å². The number of thioether (sulfide) groups is 1. The Kier molecular flexibility index (Phi) is 5.31. The molecule has 0 unspecified atom stereocenters. The summed E-state index contributed by atoms with van der Waals surface area (Å²) < 4.78 is 37.0. The monoisotopic (exact) mass is 288 g/mol. The molecule has 0 aromatic heterocycles. The summed E-state index contributed by atoms with van der Waals surface area (Å²) in [4.78, 5) is 10.6. The molecule has 0 atom stereocenters. The van der Waals surface area contributed by atoms with Crippen LogP contribution in [0.5, 0.6) is 5.75 Å². The van der Waals surface area contributed by atoms with Crippen LogP contribution in [0.15, 0.2) is 18.2 Å². The molecule has 0 fully saturated rings. The maximum atomic E-state index is 12.3. The molecule has 6 heteroatoms. The van der Waals surface area contributed by atoms with Crippen molar-refractivity contribution in [2.75, 3.05) is 5.75 Å². The zero-order chi connectivity index (χ0) is 14.5. The molecule has 0 aliphatic heterocycles. The van der Waals surface area contributed by atoms with Crippen molar-refractivity contribution in [2.45, 2.75) is 19.5 Å². The SMILES string of the molecule is CC(=O)SCCC#Cc1ccc(C(F)(F)F)cc1O. The van der Waals surface area contributed by atoms with E-state index in [1.807, 2.05) is 0 Å². The fraction of sp³-hybridized carbons (Fsp3) is 0.308. The first-order valence-electron chi connectivity index (χ1n) is 5.33. The first kappa shape index (κ1) is 15.4. The summed E-state index contributed by atoms with van der Waals surface area (Å²) in [6.07, 6.45) is -4.06. The predicted molar refractivity (Wildman–Crippen MR) is 67.7 cm³/mol. The van der Waals surface area contributed by atoms with Crippen molar-refractivity contribution < 1.29 is 23.1 Å². The lowest BCUT2D eigenvalue weighted by Gasteiger charge is -2.07. The number of hydrogen-bond donors (Lipinski definition) is 1. The summed E-state index contributed by atoms with van der Waals surface area (Å²) in [7, 11) is 0. The van der Waals surface area contributed by atoms with Crippen molar-refractivity contribution in [1.29, 1.82) is 0 Å². The van der Waals surface area contributed by atoms with Gasteiger partial charge in [-0.2, -0.15) is 13.2 Å². The fourth-order valence-corrected chi connectivity index (χ4v) is 1.71. The van der Waals surface area contributed by atoms with E-state index < -0.39 is 17.5 Å². The molecule has 0 heterocycles. The molecule has 0 amide bonds. The summed E-state index contributed by atoms with van der Waals surface area (Å²) in [6, 6.07) is 2.64. The molecule has 0 aliphatic carbocycles. The molecule has 2 nitrogen and oxygen atoms in total. The first-order valence-corrected chi connectivity index (χ1v) is 6.31. The Morgan fingerprint density at radius 3 is 2.63 bits per heavy atom. The lowest BCUT2D eigenvalue weighted by Crippen LogP contribution is -2.04. The van der Waals surface area contributed by atoms with Crippen molar-refractivity contribution in [3.05, 3.63) is 29.3 Å². The second-order valence-corrected chi connectivity index (χ2v) is 4.89. The summed E-state index contributed by atoms with van der Waals surface area (Å²) in [5.41, 5.74) is -0.775. The Morgan fingerprint density at radius 1 is 1.42 bits per heavy atom. The normalized spacial score (nSPS) is 10.7.